The van der Waals surface area contributed by atoms with E-state index in [1.54, 1.807) is 29.2 Å². The Hall–Kier alpha value is -5.64. The Morgan fingerprint density at radius 2 is 1.26 bits per heavy atom. The van der Waals surface area contributed by atoms with Crippen molar-refractivity contribution < 1.29 is 38.9 Å². The Labute approximate surface area is 248 Å². The SMILES string of the molecule is Cc1c(C(=O)O)cc(NC(=O)OCc2ccccc2)cc1C(=O)O.O=C(OCc1ccccc1)N1CCc2ccccc21. The Morgan fingerprint density at radius 3 is 1.81 bits per heavy atom. The summed E-state index contributed by atoms with van der Waals surface area (Å²) in [5, 5.41) is 20.6. The number of hydrogen-bond acceptors (Lipinski definition) is 6. The summed E-state index contributed by atoms with van der Waals surface area (Å²) >= 11 is 0. The highest BCUT2D eigenvalue weighted by molar-refractivity contribution is 5.99. The van der Waals surface area contributed by atoms with E-state index in [1.165, 1.54) is 24.6 Å². The van der Waals surface area contributed by atoms with Crippen LogP contribution in [0.3, 0.4) is 0 Å². The maximum atomic E-state index is 12.1. The van der Waals surface area contributed by atoms with Crippen LogP contribution >= 0.6 is 0 Å². The molecule has 10 nitrogen and oxygen atoms in total. The molecule has 1 aliphatic heterocycles. The summed E-state index contributed by atoms with van der Waals surface area (Å²) < 4.78 is 10.4. The van der Waals surface area contributed by atoms with Crippen LogP contribution in [0.4, 0.5) is 21.0 Å². The lowest BCUT2D eigenvalue weighted by Gasteiger charge is -2.16. The largest absolute Gasteiger partial charge is 0.478 e. The van der Waals surface area contributed by atoms with Gasteiger partial charge in [0.1, 0.15) is 13.2 Å². The van der Waals surface area contributed by atoms with Gasteiger partial charge in [0.25, 0.3) is 0 Å². The molecule has 0 radical (unpaired) electrons. The zero-order chi connectivity index (χ0) is 30.8. The van der Waals surface area contributed by atoms with Crippen LogP contribution in [0.15, 0.2) is 97.1 Å². The fraction of sp³-hybridized carbons (Fsp3) is 0.152. The molecule has 0 aromatic heterocycles. The van der Waals surface area contributed by atoms with Crippen LogP contribution in [0.25, 0.3) is 0 Å². The Morgan fingerprint density at radius 1 is 0.744 bits per heavy atom. The Kier molecular flexibility index (Phi) is 10.1. The van der Waals surface area contributed by atoms with Gasteiger partial charge in [-0.1, -0.05) is 78.9 Å². The zero-order valence-electron chi connectivity index (χ0n) is 23.4. The van der Waals surface area contributed by atoms with Crippen LogP contribution in [0, 0.1) is 6.92 Å². The maximum absolute atomic E-state index is 12.1. The van der Waals surface area contributed by atoms with Gasteiger partial charge < -0.3 is 19.7 Å². The van der Waals surface area contributed by atoms with Crippen LogP contribution in [-0.2, 0) is 29.1 Å². The van der Waals surface area contributed by atoms with Crippen molar-refractivity contribution in [3.63, 3.8) is 0 Å². The summed E-state index contributed by atoms with van der Waals surface area (Å²) in [6, 6.07) is 29.1. The second kappa shape index (κ2) is 14.3. The number of amides is 2. The standard InChI is InChI=1S/C17H15NO6.C16H15NO2/c1-10-13(15(19)20)7-12(8-14(10)16(21)22)18-17(23)24-9-11-5-3-2-4-6-11;18-16(19-12-13-6-2-1-3-7-13)17-11-10-14-8-4-5-9-15(14)17/h2-8H,9H2,1H3,(H,18,23)(H,19,20)(H,21,22);1-9H,10-12H2. The summed E-state index contributed by atoms with van der Waals surface area (Å²) in [6.07, 6.45) is -0.180. The minimum atomic E-state index is -1.28. The number of carboxylic acid groups (broad SMARTS) is 2. The van der Waals surface area contributed by atoms with Gasteiger partial charge in [0, 0.05) is 12.2 Å². The summed E-state index contributed by atoms with van der Waals surface area (Å²) in [5.41, 5.74) is 3.71. The van der Waals surface area contributed by atoms with Crippen molar-refractivity contribution in [1.82, 2.24) is 0 Å². The average Bonchev–Trinajstić information content (AvgIpc) is 3.45. The van der Waals surface area contributed by atoms with E-state index in [9.17, 15) is 19.2 Å². The average molecular weight is 583 g/mol. The lowest BCUT2D eigenvalue weighted by Crippen LogP contribution is -2.29. The molecule has 4 aromatic rings. The molecule has 1 aliphatic rings. The third-order valence-electron chi connectivity index (χ3n) is 6.64. The second-order valence-electron chi connectivity index (χ2n) is 9.56. The predicted molar refractivity (Wildman–Crippen MR) is 159 cm³/mol. The van der Waals surface area contributed by atoms with Gasteiger partial charge in [-0.25, -0.2) is 19.2 Å². The maximum Gasteiger partial charge on any atom is 0.414 e. The molecule has 43 heavy (non-hydrogen) atoms. The minimum absolute atomic E-state index is 0.0356. The molecular weight excluding hydrogens is 552 g/mol. The highest BCUT2D eigenvalue weighted by Gasteiger charge is 2.25. The number of aromatic carboxylic acids is 2. The lowest BCUT2D eigenvalue weighted by atomic mass is 10.0. The molecular formula is C33H30N2O8. The van der Waals surface area contributed by atoms with Crippen molar-refractivity contribution in [3.05, 3.63) is 130 Å². The Balaban J connectivity index is 0.000000202. The number of nitrogens with zero attached hydrogens (tertiary/aromatic N) is 1. The zero-order valence-corrected chi connectivity index (χ0v) is 23.4. The number of fused-ring (bicyclic) bond motifs is 1. The number of benzene rings is 4. The van der Waals surface area contributed by atoms with Gasteiger partial charge in [0.05, 0.1) is 16.8 Å². The highest BCUT2D eigenvalue weighted by atomic mass is 16.6. The van der Waals surface area contributed by atoms with Crippen molar-refractivity contribution in [3.8, 4) is 0 Å². The first kappa shape index (κ1) is 30.3. The van der Waals surface area contributed by atoms with E-state index in [0.717, 1.165) is 23.2 Å². The molecule has 3 N–H and O–H groups in total. The summed E-state index contributed by atoms with van der Waals surface area (Å²) in [5.74, 6) is -2.56. The molecule has 220 valence electrons. The predicted octanol–water partition coefficient (Wildman–Crippen LogP) is 6.53. The minimum Gasteiger partial charge on any atom is -0.478 e. The molecule has 5 rings (SSSR count). The van der Waals surface area contributed by atoms with E-state index in [2.05, 4.69) is 11.4 Å². The number of ether oxygens (including phenoxy) is 2. The summed E-state index contributed by atoms with van der Waals surface area (Å²) in [6.45, 7) is 2.45. The first-order valence-corrected chi connectivity index (χ1v) is 13.4. The number of rotatable bonds is 7. The molecule has 0 atom stereocenters. The van der Waals surface area contributed by atoms with Gasteiger partial charge >= 0.3 is 24.1 Å². The smallest absolute Gasteiger partial charge is 0.414 e. The van der Waals surface area contributed by atoms with Crippen molar-refractivity contribution in [2.75, 3.05) is 16.8 Å². The van der Waals surface area contributed by atoms with E-state index in [4.69, 9.17) is 19.7 Å². The van der Waals surface area contributed by atoms with Gasteiger partial charge in [0.2, 0.25) is 0 Å². The molecule has 10 heteroatoms. The molecule has 0 saturated heterocycles. The van der Waals surface area contributed by atoms with Gasteiger partial charge in [-0.15, -0.1) is 0 Å². The fourth-order valence-electron chi connectivity index (χ4n) is 4.43. The third-order valence-corrected chi connectivity index (χ3v) is 6.64. The van der Waals surface area contributed by atoms with E-state index in [1.807, 2.05) is 54.6 Å². The lowest BCUT2D eigenvalue weighted by molar-refractivity contribution is 0.0696. The molecule has 1 heterocycles. The normalized spacial score (nSPS) is 11.4. The van der Waals surface area contributed by atoms with E-state index in [-0.39, 0.29) is 35.1 Å². The first-order chi connectivity index (χ1) is 20.7. The van der Waals surface area contributed by atoms with Gasteiger partial charge in [-0.2, -0.15) is 0 Å². The topological polar surface area (TPSA) is 142 Å². The number of carboxylic acids is 2. The van der Waals surface area contributed by atoms with Crippen LogP contribution in [-0.4, -0.2) is 40.9 Å². The monoisotopic (exact) mass is 582 g/mol. The number of carbonyl (C=O) groups excluding carboxylic acids is 2. The van der Waals surface area contributed by atoms with Crippen LogP contribution in [0.5, 0.6) is 0 Å². The molecule has 0 unspecified atom stereocenters. The molecule has 2 amide bonds. The summed E-state index contributed by atoms with van der Waals surface area (Å²) in [7, 11) is 0. The molecule has 0 spiro atoms. The van der Waals surface area contributed by atoms with Crippen LogP contribution in [0.2, 0.25) is 0 Å². The second-order valence-corrected chi connectivity index (χ2v) is 9.56. The molecule has 0 saturated carbocycles. The number of nitrogens with one attached hydrogen (secondary N) is 1. The number of hydrogen-bond donors (Lipinski definition) is 3. The Bertz CT molecular complexity index is 1570. The van der Waals surface area contributed by atoms with E-state index < -0.39 is 18.0 Å². The molecule has 0 fully saturated rings. The van der Waals surface area contributed by atoms with E-state index in [0.29, 0.717) is 13.2 Å². The van der Waals surface area contributed by atoms with Crippen molar-refractivity contribution in [2.24, 2.45) is 0 Å². The highest BCUT2D eigenvalue weighted by Crippen LogP contribution is 2.28. The van der Waals surface area contributed by atoms with Gasteiger partial charge in [0.15, 0.2) is 0 Å². The molecule has 0 aliphatic carbocycles. The molecule has 0 bridgehead atoms. The fourth-order valence-corrected chi connectivity index (χ4v) is 4.43. The van der Waals surface area contributed by atoms with E-state index >= 15 is 0 Å². The van der Waals surface area contributed by atoms with Crippen LogP contribution in [0.1, 0.15) is 43.0 Å². The van der Waals surface area contributed by atoms with Crippen LogP contribution < -0.4 is 10.2 Å². The van der Waals surface area contributed by atoms with Crippen molar-refractivity contribution in [2.45, 2.75) is 26.6 Å². The first-order valence-electron chi connectivity index (χ1n) is 13.4. The van der Waals surface area contributed by atoms with Crippen molar-refractivity contribution in [1.29, 1.82) is 0 Å². The molecule has 4 aromatic carbocycles. The van der Waals surface area contributed by atoms with Gasteiger partial charge in [-0.05, 0) is 53.8 Å². The quantitative estimate of drug-likeness (QED) is 0.223. The number of anilines is 2. The summed E-state index contributed by atoms with van der Waals surface area (Å²) in [4.78, 5) is 48.0. The van der Waals surface area contributed by atoms with Crippen molar-refractivity contribution >= 4 is 35.5 Å². The van der Waals surface area contributed by atoms with Gasteiger partial charge in [-0.3, -0.25) is 10.2 Å². The number of para-hydroxylation sites is 1. The number of carbonyl (C=O) groups is 4. The third kappa shape index (κ3) is 8.20.